The number of benzene rings is 1. The second-order valence-corrected chi connectivity index (χ2v) is 12.6. The highest BCUT2D eigenvalue weighted by Gasteiger charge is 2.30. The first-order valence-electron chi connectivity index (χ1n) is 13.4. The van der Waals surface area contributed by atoms with Gasteiger partial charge in [0.05, 0.1) is 5.75 Å². The average molecular weight is 559 g/mol. The van der Waals surface area contributed by atoms with Crippen molar-refractivity contribution < 1.29 is 9.59 Å². The van der Waals surface area contributed by atoms with Crippen molar-refractivity contribution in [3.63, 3.8) is 0 Å². The fourth-order valence-electron chi connectivity index (χ4n) is 5.02. The Hall–Kier alpha value is -2.52. The predicted molar refractivity (Wildman–Crippen MR) is 154 cm³/mol. The summed E-state index contributed by atoms with van der Waals surface area (Å²) < 4.78 is 0. The van der Waals surface area contributed by atoms with Gasteiger partial charge >= 0.3 is 6.03 Å². The SMILES string of the molecule is C[C@@H]1CN(c2cc(Cl)nc(SCC(=O)N3CCC(Cc4ccccc4)CC3)n2)CCN1C(=O)NC(C)(C)C. The highest BCUT2D eigenvalue weighted by molar-refractivity contribution is 7.99. The van der Waals surface area contributed by atoms with E-state index in [9.17, 15) is 9.59 Å². The van der Waals surface area contributed by atoms with Gasteiger partial charge in [-0.2, -0.15) is 0 Å². The molecule has 1 N–H and O–H groups in total. The number of thioether (sulfide) groups is 1. The number of hydrogen-bond donors (Lipinski definition) is 1. The lowest BCUT2D eigenvalue weighted by atomic mass is 9.90. The Morgan fingerprint density at radius 1 is 1.08 bits per heavy atom. The maximum absolute atomic E-state index is 12.9. The van der Waals surface area contributed by atoms with E-state index in [1.165, 1.54) is 17.3 Å². The van der Waals surface area contributed by atoms with Gasteiger partial charge in [0.2, 0.25) is 5.91 Å². The van der Waals surface area contributed by atoms with Gasteiger partial charge in [0.25, 0.3) is 0 Å². The van der Waals surface area contributed by atoms with Gasteiger partial charge in [-0.1, -0.05) is 53.7 Å². The molecule has 0 spiro atoms. The van der Waals surface area contributed by atoms with Gasteiger partial charge in [-0.15, -0.1) is 0 Å². The fourth-order valence-corrected chi connectivity index (χ4v) is 6.01. The topological polar surface area (TPSA) is 81.7 Å². The standard InChI is InChI=1S/C28H39ClN6O2S/c1-20-18-34(14-15-35(20)27(37)32-28(2,3)4)24-17-23(29)30-26(31-24)38-19-25(36)33-12-10-22(11-13-33)16-21-8-6-5-7-9-21/h5-9,17,20,22H,10-16,18-19H2,1-4H3,(H,32,37)/t20-/m1/s1. The number of halogens is 1. The minimum Gasteiger partial charge on any atom is -0.353 e. The predicted octanol–water partition coefficient (Wildman–Crippen LogP) is 4.72. The van der Waals surface area contributed by atoms with Crippen LogP contribution in [0.3, 0.4) is 0 Å². The van der Waals surface area contributed by atoms with E-state index in [-0.39, 0.29) is 23.5 Å². The molecular formula is C28H39ClN6O2S. The first-order valence-corrected chi connectivity index (χ1v) is 14.8. The molecule has 0 bridgehead atoms. The van der Waals surface area contributed by atoms with Crippen LogP contribution in [-0.2, 0) is 11.2 Å². The van der Waals surface area contributed by atoms with Crippen LogP contribution in [0.2, 0.25) is 5.15 Å². The lowest BCUT2D eigenvalue weighted by molar-refractivity contribution is -0.129. The maximum Gasteiger partial charge on any atom is 0.318 e. The van der Waals surface area contributed by atoms with Crippen molar-refractivity contribution >= 4 is 41.1 Å². The van der Waals surface area contributed by atoms with E-state index in [0.29, 0.717) is 41.6 Å². The third kappa shape index (κ3) is 7.99. The molecule has 206 valence electrons. The van der Waals surface area contributed by atoms with E-state index in [0.717, 1.165) is 38.2 Å². The van der Waals surface area contributed by atoms with Gasteiger partial charge in [0, 0.05) is 50.4 Å². The van der Waals surface area contributed by atoms with Gasteiger partial charge in [-0.25, -0.2) is 14.8 Å². The molecule has 4 rings (SSSR count). The monoisotopic (exact) mass is 558 g/mol. The number of nitrogens with one attached hydrogen (secondary N) is 1. The lowest BCUT2D eigenvalue weighted by Crippen LogP contribution is -2.59. The number of likely N-dealkylation sites (tertiary alicyclic amines) is 1. The second kappa shape index (κ2) is 12.6. The number of piperidine rings is 1. The van der Waals surface area contributed by atoms with Crippen molar-refractivity contribution in [3.8, 4) is 0 Å². The Morgan fingerprint density at radius 2 is 1.79 bits per heavy atom. The first-order chi connectivity index (χ1) is 18.1. The molecule has 0 unspecified atom stereocenters. The number of nitrogens with zero attached hydrogens (tertiary/aromatic N) is 5. The molecule has 3 amide bonds. The second-order valence-electron chi connectivity index (χ2n) is 11.3. The van der Waals surface area contributed by atoms with Crippen LogP contribution in [0.15, 0.2) is 41.6 Å². The average Bonchev–Trinajstić information content (AvgIpc) is 2.87. The van der Waals surface area contributed by atoms with Crippen LogP contribution < -0.4 is 10.2 Å². The van der Waals surface area contributed by atoms with Crippen molar-refractivity contribution in [2.75, 3.05) is 43.4 Å². The molecule has 8 nitrogen and oxygen atoms in total. The van der Waals surface area contributed by atoms with Gasteiger partial charge in [0.15, 0.2) is 5.16 Å². The van der Waals surface area contributed by atoms with Crippen molar-refractivity contribution in [1.29, 1.82) is 0 Å². The summed E-state index contributed by atoms with van der Waals surface area (Å²) in [5, 5.41) is 3.90. The van der Waals surface area contributed by atoms with Gasteiger partial charge in [-0.3, -0.25) is 4.79 Å². The zero-order valence-corrected chi connectivity index (χ0v) is 24.4. The van der Waals surface area contributed by atoms with Crippen molar-refractivity contribution in [2.45, 2.75) is 63.7 Å². The highest BCUT2D eigenvalue weighted by Crippen LogP contribution is 2.26. The van der Waals surface area contributed by atoms with E-state index in [4.69, 9.17) is 16.6 Å². The third-order valence-corrected chi connectivity index (χ3v) is 8.04. The molecular weight excluding hydrogens is 520 g/mol. The largest absolute Gasteiger partial charge is 0.353 e. The fraction of sp³-hybridized carbons (Fsp3) is 0.571. The first kappa shape index (κ1) is 28.5. The van der Waals surface area contributed by atoms with E-state index >= 15 is 0 Å². The van der Waals surface area contributed by atoms with Gasteiger partial charge < -0.3 is 20.0 Å². The molecule has 1 atom stereocenters. The molecule has 2 aliphatic heterocycles. The zero-order valence-electron chi connectivity index (χ0n) is 22.8. The molecule has 2 aromatic rings. The summed E-state index contributed by atoms with van der Waals surface area (Å²) in [6, 6.07) is 12.3. The molecule has 3 heterocycles. The van der Waals surface area contributed by atoms with Gasteiger partial charge in [-0.05, 0) is 58.4 Å². The Labute approximate surface area is 235 Å². The Morgan fingerprint density at radius 3 is 2.45 bits per heavy atom. The van der Waals surface area contributed by atoms with Crippen molar-refractivity contribution in [2.24, 2.45) is 5.92 Å². The molecule has 0 saturated carbocycles. The zero-order chi connectivity index (χ0) is 27.3. The molecule has 1 aromatic carbocycles. The van der Waals surface area contributed by atoms with Crippen LogP contribution in [0.25, 0.3) is 0 Å². The summed E-state index contributed by atoms with van der Waals surface area (Å²) in [7, 11) is 0. The number of rotatable bonds is 6. The lowest BCUT2D eigenvalue weighted by Gasteiger charge is -2.41. The molecule has 2 fully saturated rings. The smallest absolute Gasteiger partial charge is 0.318 e. The quantitative estimate of drug-likeness (QED) is 0.314. The molecule has 2 saturated heterocycles. The summed E-state index contributed by atoms with van der Waals surface area (Å²) in [5.74, 6) is 1.76. The summed E-state index contributed by atoms with van der Waals surface area (Å²) in [4.78, 5) is 40.6. The Bertz CT molecular complexity index is 1100. The number of amides is 3. The molecule has 1 aromatic heterocycles. The Balaban J connectivity index is 1.27. The van der Waals surface area contributed by atoms with Crippen LogP contribution in [-0.4, -0.2) is 81.8 Å². The highest BCUT2D eigenvalue weighted by atomic mass is 35.5. The normalized spacial score (nSPS) is 19.0. The van der Waals surface area contributed by atoms with Crippen LogP contribution in [0, 0.1) is 5.92 Å². The van der Waals surface area contributed by atoms with E-state index < -0.39 is 0 Å². The van der Waals surface area contributed by atoms with E-state index in [1.807, 2.05) is 43.6 Å². The number of anilines is 1. The number of carbonyl (C=O) groups excluding carboxylic acids is 2. The molecule has 10 heteroatoms. The van der Waals surface area contributed by atoms with Crippen LogP contribution >= 0.6 is 23.4 Å². The number of aromatic nitrogens is 2. The number of carbonyl (C=O) groups is 2. The maximum atomic E-state index is 12.9. The molecule has 0 aliphatic carbocycles. The molecule has 2 aliphatic rings. The summed E-state index contributed by atoms with van der Waals surface area (Å²) in [6.07, 6.45) is 3.13. The van der Waals surface area contributed by atoms with Crippen LogP contribution in [0.5, 0.6) is 0 Å². The number of piperazine rings is 1. The van der Waals surface area contributed by atoms with Crippen molar-refractivity contribution in [1.82, 2.24) is 25.1 Å². The molecule has 38 heavy (non-hydrogen) atoms. The van der Waals surface area contributed by atoms with E-state index in [2.05, 4.69) is 39.5 Å². The number of hydrogen-bond acceptors (Lipinski definition) is 6. The number of urea groups is 1. The van der Waals surface area contributed by atoms with Crippen LogP contribution in [0.4, 0.5) is 10.6 Å². The summed E-state index contributed by atoms with van der Waals surface area (Å²) >= 11 is 7.67. The Kier molecular flexibility index (Phi) is 9.41. The molecule has 0 radical (unpaired) electrons. The van der Waals surface area contributed by atoms with E-state index in [1.54, 1.807) is 6.07 Å². The van der Waals surface area contributed by atoms with Gasteiger partial charge in [0.1, 0.15) is 11.0 Å². The van der Waals surface area contributed by atoms with Crippen molar-refractivity contribution in [3.05, 3.63) is 47.1 Å². The minimum absolute atomic E-state index is 0.0161. The van der Waals surface area contributed by atoms with Crippen LogP contribution in [0.1, 0.15) is 46.1 Å². The third-order valence-electron chi connectivity index (χ3n) is 7.01. The minimum atomic E-state index is -0.282. The summed E-state index contributed by atoms with van der Waals surface area (Å²) in [6.45, 7) is 11.4. The summed E-state index contributed by atoms with van der Waals surface area (Å²) in [5.41, 5.74) is 1.08.